The normalized spacial score (nSPS) is 21.4. The van der Waals surface area contributed by atoms with Crippen LogP contribution in [0.2, 0.25) is 0 Å². The molecule has 1 aliphatic heterocycles. The van der Waals surface area contributed by atoms with E-state index in [1.807, 2.05) is 6.07 Å². The van der Waals surface area contributed by atoms with Crippen LogP contribution >= 0.6 is 0 Å². The van der Waals surface area contributed by atoms with Gasteiger partial charge in [0.2, 0.25) is 0 Å². The molecule has 1 atom stereocenters. The van der Waals surface area contributed by atoms with E-state index in [1.165, 1.54) is 31.4 Å². The second-order valence-corrected chi connectivity index (χ2v) is 5.03. The largest absolute Gasteiger partial charge is 0.493 e. The van der Waals surface area contributed by atoms with Gasteiger partial charge in [0.1, 0.15) is 5.75 Å². The minimum Gasteiger partial charge on any atom is -0.493 e. The SMILES string of the molecule is Cc1ccccc1OCCC1CCCCN1C. The summed E-state index contributed by atoms with van der Waals surface area (Å²) >= 11 is 0. The highest BCUT2D eigenvalue weighted by molar-refractivity contribution is 5.31. The number of benzene rings is 1. The van der Waals surface area contributed by atoms with E-state index in [0.717, 1.165) is 18.8 Å². The highest BCUT2D eigenvalue weighted by Gasteiger charge is 2.18. The van der Waals surface area contributed by atoms with Gasteiger partial charge in [0.25, 0.3) is 0 Å². The molecule has 2 nitrogen and oxygen atoms in total. The van der Waals surface area contributed by atoms with Gasteiger partial charge in [0, 0.05) is 6.04 Å². The predicted octanol–water partition coefficient (Wildman–Crippen LogP) is 3.25. The fourth-order valence-corrected chi connectivity index (χ4v) is 2.53. The standard InChI is InChI=1S/C15H23NO/c1-13-7-3-4-9-15(13)17-12-10-14-8-5-6-11-16(14)2/h3-4,7,9,14H,5-6,8,10-12H2,1-2H3. The molecule has 94 valence electrons. The lowest BCUT2D eigenvalue weighted by molar-refractivity contribution is 0.153. The molecule has 2 heteroatoms. The van der Waals surface area contributed by atoms with Crippen molar-refractivity contribution in [3.63, 3.8) is 0 Å². The second-order valence-electron chi connectivity index (χ2n) is 5.03. The Balaban J connectivity index is 1.77. The summed E-state index contributed by atoms with van der Waals surface area (Å²) in [6.07, 6.45) is 5.20. The van der Waals surface area contributed by atoms with Crippen LogP contribution in [-0.4, -0.2) is 31.1 Å². The number of hydrogen-bond acceptors (Lipinski definition) is 2. The first-order valence-electron chi connectivity index (χ1n) is 6.66. The van der Waals surface area contributed by atoms with Crippen molar-refractivity contribution in [3.8, 4) is 5.75 Å². The van der Waals surface area contributed by atoms with Gasteiger partial charge in [-0.2, -0.15) is 0 Å². The number of likely N-dealkylation sites (tertiary alicyclic amines) is 1. The third-order valence-electron chi connectivity index (χ3n) is 3.72. The summed E-state index contributed by atoms with van der Waals surface area (Å²) in [5.74, 6) is 1.03. The van der Waals surface area contributed by atoms with Crippen molar-refractivity contribution in [1.82, 2.24) is 4.90 Å². The molecule has 1 fully saturated rings. The van der Waals surface area contributed by atoms with Crippen molar-refractivity contribution < 1.29 is 4.74 Å². The Hall–Kier alpha value is -1.02. The summed E-state index contributed by atoms with van der Waals surface area (Å²) in [6.45, 7) is 4.18. The minimum absolute atomic E-state index is 0.716. The monoisotopic (exact) mass is 233 g/mol. The maximum atomic E-state index is 5.86. The summed E-state index contributed by atoms with van der Waals surface area (Å²) < 4.78 is 5.86. The second kappa shape index (κ2) is 6.06. The van der Waals surface area contributed by atoms with Crippen LogP contribution in [0.4, 0.5) is 0 Å². The third kappa shape index (κ3) is 3.47. The van der Waals surface area contributed by atoms with E-state index in [9.17, 15) is 0 Å². The molecule has 0 radical (unpaired) electrons. The van der Waals surface area contributed by atoms with Gasteiger partial charge in [-0.25, -0.2) is 0 Å². The molecule has 0 spiro atoms. The van der Waals surface area contributed by atoms with Crippen LogP contribution in [0.15, 0.2) is 24.3 Å². The fourth-order valence-electron chi connectivity index (χ4n) is 2.53. The summed E-state index contributed by atoms with van der Waals surface area (Å²) in [7, 11) is 2.23. The van der Waals surface area contributed by atoms with Gasteiger partial charge in [0.05, 0.1) is 6.61 Å². The van der Waals surface area contributed by atoms with Crippen molar-refractivity contribution in [3.05, 3.63) is 29.8 Å². The van der Waals surface area contributed by atoms with Crippen molar-refractivity contribution in [1.29, 1.82) is 0 Å². The van der Waals surface area contributed by atoms with Crippen molar-refractivity contribution in [2.75, 3.05) is 20.2 Å². The van der Waals surface area contributed by atoms with Crippen LogP contribution in [0.1, 0.15) is 31.2 Å². The van der Waals surface area contributed by atoms with Crippen molar-refractivity contribution in [2.45, 2.75) is 38.6 Å². The molecule has 1 aromatic carbocycles. The Kier molecular flexibility index (Phi) is 4.43. The lowest BCUT2D eigenvalue weighted by Crippen LogP contribution is -2.37. The average molecular weight is 233 g/mol. The van der Waals surface area contributed by atoms with Gasteiger partial charge in [0.15, 0.2) is 0 Å². The Morgan fingerprint density at radius 1 is 1.29 bits per heavy atom. The third-order valence-corrected chi connectivity index (χ3v) is 3.72. The minimum atomic E-state index is 0.716. The number of hydrogen-bond donors (Lipinski definition) is 0. The molecular weight excluding hydrogens is 210 g/mol. The van der Waals surface area contributed by atoms with Gasteiger partial charge in [-0.1, -0.05) is 24.6 Å². The first-order chi connectivity index (χ1) is 8.27. The molecule has 1 unspecified atom stereocenters. The van der Waals surface area contributed by atoms with E-state index in [0.29, 0.717) is 6.04 Å². The molecule has 0 aromatic heterocycles. The molecular formula is C15H23NO. The zero-order chi connectivity index (χ0) is 12.1. The Bertz CT molecular complexity index is 351. The maximum absolute atomic E-state index is 5.86. The Morgan fingerprint density at radius 3 is 2.88 bits per heavy atom. The van der Waals surface area contributed by atoms with Gasteiger partial charge in [-0.05, 0) is 51.4 Å². The fraction of sp³-hybridized carbons (Fsp3) is 0.600. The molecule has 17 heavy (non-hydrogen) atoms. The topological polar surface area (TPSA) is 12.5 Å². The van der Waals surface area contributed by atoms with Gasteiger partial charge in [-0.15, -0.1) is 0 Å². The summed E-state index contributed by atoms with van der Waals surface area (Å²) in [4.78, 5) is 2.48. The van der Waals surface area contributed by atoms with Crippen molar-refractivity contribution in [2.24, 2.45) is 0 Å². The summed E-state index contributed by atoms with van der Waals surface area (Å²) in [6, 6.07) is 8.96. The number of piperidine rings is 1. The summed E-state index contributed by atoms with van der Waals surface area (Å²) in [5.41, 5.74) is 1.23. The first kappa shape index (κ1) is 12.4. The molecule has 0 saturated carbocycles. The van der Waals surface area contributed by atoms with Crippen LogP contribution in [0.25, 0.3) is 0 Å². The van der Waals surface area contributed by atoms with Crippen molar-refractivity contribution >= 4 is 0 Å². The van der Waals surface area contributed by atoms with Crippen LogP contribution in [-0.2, 0) is 0 Å². The molecule has 1 heterocycles. The Morgan fingerprint density at radius 2 is 2.12 bits per heavy atom. The molecule has 0 N–H and O–H groups in total. The molecule has 0 bridgehead atoms. The van der Waals surface area contributed by atoms with Gasteiger partial charge in [-0.3, -0.25) is 0 Å². The van der Waals surface area contributed by atoms with E-state index >= 15 is 0 Å². The van der Waals surface area contributed by atoms with E-state index in [-0.39, 0.29) is 0 Å². The number of nitrogens with zero attached hydrogens (tertiary/aromatic N) is 1. The highest BCUT2D eigenvalue weighted by atomic mass is 16.5. The van der Waals surface area contributed by atoms with E-state index in [4.69, 9.17) is 4.74 Å². The van der Waals surface area contributed by atoms with E-state index < -0.39 is 0 Å². The van der Waals surface area contributed by atoms with Gasteiger partial charge < -0.3 is 9.64 Å². The van der Waals surface area contributed by atoms with Gasteiger partial charge >= 0.3 is 0 Å². The average Bonchev–Trinajstić information content (AvgIpc) is 2.34. The zero-order valence-corrected chi connectivity index (χ0v) is 11.0. The lowest BCUT2D eigenvalue weighted by atomic mass is 10.0. The first-order valence-corrected chi connectivity index (χ1v) is 6.66. The zero-order valence-electron chi connectivity index (χ0n) is 11.0. The van der Waals surface area contributed by atoms with Crippen LogP contribution in [0, 0.1) is 6.92 Å². The summed E-state index contributed by atoms with van der Waals surface area (Å²) in [5, 5.41) is 0. The molecule has 0 amide bonds. The quantitative estimate of drug-likeness (QED) is 0.791. The molecule has 1 saturated heterocycles. The predicted molar refractivity (Wildman–Crippen MR) is 71.6 cm³/mol. The van der Waals surface area contributed by atoms with Crippen LogP contribution in [0.3, 0.4) is 0 Å². The Labute approximate surface area is 105 Å². The maximum Gasteiger partial charge on any atom is 0.122 e. The molecule has 0 aliphatic carbocycles. The highest BCUT2D eigenvalue weighted by Crippen LogP contribution is 2.20. The number of ether oxygens (including phenoxy) is 1. The molecule has 1 aliphatic rings. The lowest BCUT2D eigenvalue weighted by Gasteiger charge is -2.32. The van der Waals surface area contributed by atoms with Crippen LogP contribution < -0.4 is 4.74 Å². The molecule has 2 rings (SSSR count). The van der Waals surface area contributed by atoms with Crippen LogP contribution in [0.5, 0.6) is 5.75 Å². The number of rotatable bonds is 4. The molecule has 1 aromatic rings. The smallest absolute Gasteiger partial charge is 0.122 e. The number of para-hydroxylation sites is 1. The van der Waals surface area contributed by atoms with E-state index in [2.05, 4.69) is 37.1 Å². The van der Waals surface area contributed by atoms with E-state index in [1.54, 1.807) is 0 Å². The number of aryl methyl sites for hydroxylation is 1.